The summed E-state index contributed by atoms with van der Waals surface area (Å²) in [6, 6.07) is 14.0. The highest BCUT2D eigenvalue weighted by Crippen LogP contribution is 2.33. The van der Waals surface area contributed by atoms with Crippen molar-refractivity contribution in [1.82, 2.24) is 0 Å². The molecule has 1 unspecified atom stereocenters. The fraction of sp³-hybridized carbons (Fsp3) is 0.455. The van der Waals surface area contributed by atoms with Crippen molar-refractivity contribution in [2.45, 2.75) is 45.6 Å². The van der Waals surface area contributed by atoms with E-state index in [1.54, 1.807) is 12.1 Å². The Morgan fingerprint density at radius 2 is 1.73 bits per heavy atom. The highest BCUT2D eigenvalue weighted by molar-refractivity contribution is 6.31. The summed E-state index contributed by atoms with van der Waals surface area (Å²) in [6.07, 6.45) is 4.73. The third-order valence-corrected chi connectivity index (χ3v) is 5.43. The molecule has 1 atom stereocenters. The molecule has 0 aliphatic carbocycles. The van der Waals surface area contributed by atoms with Gasteiger partial charge in [-0.3, -0.25) is 0 Å². The molecule has 1 fully saturated rings. The summed E-state index contributed by atoms with van der Waals surface area (Å²) < 4.78 is 0. The minimum absolute atomic E-state index is 0.293. The monoisotopic (exact) mass is 372 g/mol. The van der Waals surface area contributed by atoms with E-state index in [0.29, 0.717) is 17.7 Å². The lowest BCUT2D eigenvalue weighted by Crippen LogP contribution is -2.32. The highest BCUT2D eigenvalue weighted by Gasteiger charge is 2.19. The van der Waals surface area contributed by atoms with Crippen LogP contribution in [0.5, 0.6) is 5.75 Å². The second kappa shape index (κ2) is 8.68. The molecule has 0 radical (unpaired) electrons. The van der Waals surface area contributed by atoms with Gasteiger partial charge < -0.3 is 15.3 Å². The molecule has 0 bridgehead atoms. The third kappa shape index (κ3) is 4.85. The van der Waals surface area contributed by atoms with Gasteiger partial charge in [0.1, 0.15) is 5.75 Å². The lowest BCUT2D eigenvalue weighted by atomic mass is 9.95. The van der Waals surface area contributed by atoms with Gasteiger partial charge >= 0.3 is 0 Å². The largest absolute Gasteiger partial charge is 0.508 e. The van der Waals surface area contributed by atoms with Crippen LogP contribution in [0.15, 0.2) is 42.5 Å². The van der Waals surface area contributed by atoms with Crippen molar-refractivity contribution in [3.8, 4) is 5.75 Å². The van der Waals surface area contributed by atoms with E-state index in [1.807, 2.05) is 18.2 Å². The average molecular weight is 373 g/mol. The van der Waals surface area contributed by atoms with E-state index < -0.39 is 0 Å². The molecule has 1 heterocycles. The van der Waals surface area contributed by atoms with Gasteiger partial charge in [-0.25, -0.2) is 0 Å². The van der Waals surface area contributed by atoms with E-state index in [0.717, 1.165) is 30.2 Å². The van der Waals surface area contributed by atoms with Crippen molar-refractivity contribution in [1.29, 1.82) is 0 Å². The summed E-state index contributed by atoms with van der Waals surface area (Å²) in [7, 11) is 0. The van der Waals surface area contributed by atoms with Gasteiger partial charge in [-0.1, -0.05) is 37.6 Å². The SMILES string of the molecule is CC(C)C(Cc1ccc(O)cc1)Nc1cc(Cl)ccc1N1CCCCC1. The second-order valence-electron chi connectivity index (χ2n) is 7.57. The average Bonchev–Trinajstić information content (AvgIpc) is 2.64. The zero-order valence-corrected chi connectivity index (χ0v) is 16.5. The van der Waals surface area contributed by atoms with Crippen LogP contribution < -0.4 is 10.2 Å². The van der Waals surface area contributed by atoms with Gasteiger partial charge in [0.05, 0.1) is 11.4 Å². The Hall–Kier alpha value is -1.87. The first-order valence-electron chi connectivity index (χ1n) is 9.62. The number of phenolic OH excluding ortho intramolecular Hbond substituents is 1. The molecule has 0 amide bonds. The number of phenols is 1. The van der Waals surface area contributed by atoms with E-state index in [-0.39, 0.29) is 0 Å². The predicted molar refractivity (Wildman–Crippen MR) is 112 cm³/mol. The van der Waals surface area contributed by atoms with Crippen molar-refractivity contribution in [3.63, 3.8) is 0 Å². The van der Waals surface area contributed by atoms with Crippen LogP contribution in [-0.2, 0) is 6.42 Å². The molecular weight excluding hydrogens is 344 g/mol. The number of benzene rings is 2. The number of anilines is 2. The van der Waals surface area contributed by atoms with Crippen LogP contribution in [0, 0.1) is 5.92 Å². The summed E-state index contributed by atoms with van der Waals surface area (Å²) in [6.45, 7) is 6.70. The zero-order valence-electron chi connectivity index (χ0n) is 15.7. The molecule has 4 heteroatoms. The minimum Gasteiger partial charge on any atom is -0.508 e. The zero-order chi connectivity index (χ0) is 18.5. The summed E-state index contributed by atoms with van der Waals surface area (Å²) >= 11 is 6.31. The Bertz CT molecular complexity index is 709. The molecule has 1 aliphatic rings. The maximum absolute atomic E-state index is 9.51. The Morgan fingerprint density at radius 1 is 1.04 bits per heavy atom. The number of hydrogen-bond donors (Lipinski definition) is 2. The Balaban J connectivity index is 1.81. The highest BCUT2D eigenvalue weighted by atomic mass is 35.5. The van der Waals surface area contributed by atoms with Crippen molar-refractivity contribution < 1.29 is 5.11 Å². The number of piperidine rings is 1. The quantitative estimate of drug-likeness (QED) is 0.681. The van der Waals surface area contributed by atoms with Gasteiger partial charge in [0.15, 0.2) is 0 Å². The summed E-state index contributed by atoms with van der Waals surface area (Å²) in [4.78, 5) is 2.47. The number of nitrogens with zero attached hydrogens (tertiary/aromatic N) is 1. The van der Waals surface area contributed by atoms with E-state index in [1.165, 1.54) is 30.5 Å². The van der Waals surface area contributed by atoms with Crippen LogP contribution in [-0.4, -0.2) is 24.2 Å². The van der Waals surface area contributed by atoms with Crippen molar-refractivity contribution in [3.05, 3.63) is 53.1 Å². The molecule has 3 rings (SSSR count). The molecule has 26 heavy (non-hydrogen) atoms. The molecule has 1 saturated heterocycles. The van der Waals surface area contributed by atoms with Crippen molar-refractivity contribution in [2.24, 2.45) is 5.92 Å². The van der Waals surface area contributed by atoms with Crippen LogP contribution in [0.1, 0.15) is 38.7 Å². The number of halogens is 1. The normalized spacial score (nSPS) is 15.9. The van der Waals surface area contributed by atoms with E-state index in [9.17, 15) is 5.11 Å². The number of rotatable bonds is 6. The smallest absolute Gasteiger partial charge is 0.115 e. The van der Waals surface area contributed by atoms with Gasteiger partial charge in [-0.2, -0.15) is 0 Å². The first kappa shape index (κ1) is 18.9. The van der Waals surface area contributed by atoms with Gasteiger partial charge in [-0.15, -0.1) is 0 Å². The maximum Gasteiger partial charge on any atom is 0.115 e. The second-order valence-corrected chi connectivity index (χ2v) is 8.01. The standard InChI is InChI=1S/C22H29ClN2O/c1-16(2)20(14-17-6-9-19(26)10-7-17)24-21-15-18(23)8-11-22(21)25-12-4-3-5-13-25/h6-11,15-16,20,24,26H,3-5,12-14H2,1-2H3. The third-order valence-electron chi connectivity index (χ3n) is 5.19. The van der Waals surface area contributed by atoms with E-state index in [2.05, 4.69) is 36.2 Å². The number of nitrogens with one attached hydrogen (secondary N) is 1. The lowest BCUT2D eigenvalue weighted by Gasteiger charge is -2.33. The maximum atomic E-state index is 9.51. The topological polar surface area (TPSA) is 35.5 Å². The molecule has 0 aromatic heterocycles. The summed E-state index contributed by atoms with van der Waals surface area (Å²) in [5.41, 5.74) is 3.60. The van der Waals surface area contributed by atoms with Crippen LogP contribution in [0.25, 0.3) is 0 Å². The van der Waals surface area contributed by atoms with Crippen molar-refractivity contribution in [2.75, 3.05) is 23.3 Å². The predicted octanol–water partition coefficient (Wildman–Crippen LogP) is 5.72. The molecule has 2 N–H and O–H groups in total. The van der Waals surface area contributed by atoms with Crippen LogP contribution in [0.3, 0.4) is 0 Å². The molecule has 2 aromatic rings. The van der Waals surface area contributed by atoms with Gasteiger partial charge in [0, 0.05) is 24.2 Å². The molecule has 140 valence electrons. The van der Waals surface area contributed by atoms with Gasteiger partial charge in [0.25, 0.3) is 0 Å². The molecule has 0 spiro atoms. The first-order valence-corrected chi connectivity index (χ1v) is 9.99. The fourth-order valence-electron chi connectivity index (χ4n) is 3.57. The summed E-state index contributed by atoms with van der Waals surface area (Å²) in [5, 5.41) is 14.0. The lowest BCUT2D eigenvalue weighted by molar-refractivity contribution is 0.474. The van der Waals surface area contributed by atoms with Crippen LogP contribution >= 0.6 is 11.6 Å². The molecule has 1 aliphatic heterocycles. The Labute approximate surface area is 162 Å². The molecule has 3 nitrogen and oxygen atoms in total. The van der Waals surface area contributed by atoms with E-state index >= 15 is 0 Å². The van der Waals surface area contributed by atoms with E-state index in [4.69, 9.17) is 11.6 Å². The first-order chi connectivity index (χ1) is 12.5. The molecule has 2 aromatic carbocycles. The van der Waals surface area contributed by atoms with Gasteiger partial charge in [-0.05, 0) is 67.5 Å². The van der Waals surface area contributed by atoms with Crippen molar-refractivity contribution >= 4 is 23.0 Å². The Kier molecular flexibility index (Phi) is 6.31. The molecular formula is C22H29ClN2O. The number of hydrogen-bond acceptors (Lipinski definition) is 3. The fourth-order valence-corrected chi connectivity index (χ4v) is 3.75. The Morgan fingerprint density at radius 3 is 2.38 bits per heavy atom. The van der Waals surface area contributed by atoms with Gasteiger partial charge in [0.2, 0.25) is 0 Å². The number of aromatic hydroxyl groups is 1. The van der Waals surface area contributed by atoms with Crippen LogP contribution in [0.4, 0.5) is 11.4 Å². The minimum atomic E-state index is 0.293. The van der Waals surface area contributed by atoms with Crippen LogP contribution in [0.2, 0.25) is 5.02 Å². The summed E-state index contributed by atoms with van der Waals surface area (Å²) in [5.74, 6) is 0.780. The molecule has 0 saturated carbocycles.